The molecule has 2 aromatic rings. The van der Waals surface area contributed by atoms with Gasteiger partial charge in [-0.25, -0.2) is 0 Å². The van der Waals surface area contributed by atoms with Crippen LogP contribution in [-0.2, 0) is 14.3 Å². The Morgan fingerprint density at radius 3 is 1.75 bits per heavy atom. The molecule has 0 saturated heterocycles. The number of hydrogen-bond acceptors (Lipinski definition) is 5. The first-order valence-electron chi connectivity index (χ1n) is 7.51. The lowest BCUT2D eigenvalue weighted by atomic mass is 9.99. The lowest BCUT2D eigenvalue weighted by Gasteiger charge is -2.17. The fourth-order valence-corrected chi connectivity index (χ4v) is 2.89. The van der Waals surface area contributed by atoms with Crippen molar-refractivity contribution >= 4 is 10.1 Å². The summed E-state index contributed by atoms with van der Waals surface area (Å²) in [6, 6.07) is 13.2. The first-order chi connectivity index (χ1) is 11.2. The van der Waals surface area contributed by atoms with Gasteiger partial charge in [-0.2, -0.15) is 8.42 Å². The first-order valence-corrected chi connectivity index (χ1v) is 8.92. The van der Waals surface area contributed by atoms with Gasteiger partial charge in [0.1, 0.15) is 17.2 Å². The van der Waals surface area contributed by atoms with Gasteiger partial charge in [0.05, 0.1) is 18.6 Å². The molecule has 0 atom stereocenters. The maximum absolute atomic E-state index is 12.1. The molecule has 0 aliphatic heterocycles. The molecular weight excluding hydrogens is 328 g/mol. The van der Waals surface area contributed by atoms with Crippen LogP contribution in [0.1, 0.15) is 20.8 Å². The van der Waals surface area contributed by atoms with E-state index >= 15 is 0 Å². The van der Waals surface area contributed by atoms with Crippen LogP contribution < -0.4 is 9.47 Å². The van der Waals surface area contributed by atoms with Crippen LogP contribution in [0.5, 0.6) is 17.2 Å². The van der Waals surface area contributed by atoms with E-state index in [1.165, 1.54) is 12.1 Å². The molecule has 0 heterocycles. The molecule has 5 nitrogen and oxygen atoms in total. The van der Waals surface area contributed by atoms with Gasteiger partial charge >= 0.3 is 0 Å². The second-order valence-corrected chi connectivity index (χ2v) is 8.14. The van der Waals surface area contributed by atoms with Crippen LogP contribution in [0, 0.1) is 5.41 Å². The summed E-state index contributed by atoms with van der Waals surface area (Å²) in [6.45, 7) is 5.86. The number of ether oxygens (including phenoxy) is 2. The molecular formula is C18H22O5S. The van der Waals surface area contributed by atoms with Crippen molar-refractivity contribution in [2.45, 2.75) is 25.7 Å². The highest BCUT2D eigenvalue weighted by Gasteiger charge is 2.20. The Morgan fingerprint density at radius 1 is 0.833 bits per heavy atom. The highest BCUT2D eigenvalue weighted by molar-refractivity contribution is 7.86. The average molecular weight is 350 g/mol. The van der Waals surface area contributed by atoms with E-state index in [0.29, 0.717) is 11.5 Å². The molecule has 0 aliphatic carbocycles. The van der Waals surface area contributed by atoms with E-state index < -0.39 is 10.1 Å². The monoisotopic (exact) mass is 350 g/mol. The second-order valence-electron chi connectivity index (χ2n) is 6.53. The summed E-state index contributed by atoms with van der Waals surface area (Å²) in [6.07, 6.45) is 0. The molecule has 2 rings (SSSR count). The molecule has 0 bridgehead atoms. The molecule has 0 aromatic heterocycles. The minimum Gasteiger partial charge on any atom is -0.497 e. The van der Waals surface area contributed by atoms with E-state index in [1.54, 1.807) is 43.5 Å². The number of rotatable bonds is 6. The Hall–Kier alpha value is -2.05. The van der Waals surface area contributed by atoms with Gasteiger partial charge in [0.2, 0.25) is 0 Å². The van der Waals surface area contributed by atoms with Crippen molar-refractivity contribution in [3.63, 3.8) is 0 Å². The Balaban J connectivity index is 2.06. The van der Waals surface area contributed by atoms with Crippen molar-refractivity contribution < 1.29 is 22.1 Å². The molecule has 0 saturated carbocycles. The fraction of sp³-hybridized carbons (Fsp3) is 0.333. The molecule has 0 fully saturated rings. The van der Waals surface area contributed by atoms with Crippen LogP contribution in [-0.4, -0.2) is 22.1 Å². The third-order valence-electron chi connectivity index (χ3n) is 3.05. The van der Waals surface area contributed by atoms with Gasteiger partial charge < -0.3 is 9.47 Å². The summed E-state index contributed by atoms with van der Waals surface area (Å²) in [7, 11) is -2.17. The van der Waals surface area contributed by atoms with E-state index in [0.717, 1.165) is 5.75 Å². The van der Waals surface area contributed by atoms with Crippen LogP contribution in [0.4, 0.5) is 0 Å². The lowest BCUT2D eigenvalue weighted by Crippen LogP contribution is -2.18. The fourth-order valence-electron chi connectivity index (χ4n) is 1.78. The topological polar surface area (TPSA) is 61.8 Å². The molecule has 24 heavy (non-hydrogen) atoms. The standard InChI is InChI=1S/C18H22O5S/c1-18(2,3)13-22-24(19,20)17-11-9-16(10-12-17)23-15-7-5-14(21-4)6-8-15/h5-12H,13H2,1-4H3. The van der Waals surface area contributed by atoms with Crippen LogP contribution in [0.15, 0.2) is 53.4 Å². The molecule has 0 spiro atoms. The van der Waals surface area contributed by atoms with Gasteiger partial charge in [0, 0.05) is 0 Å². The van der Waals surface area contributed by atoms with Gasteiger partial charge in [0.25, 0.3) is 10.1 Å². The smallest absolute Gasteiger partial charge is 0.296 e. The lowest BCUT2D eigenvalue weighted by molar-refractivity contribution is 0.203. The summed E-state index contributed by atoms with van der Waals surface area (Å²) in [5.41, 5.74) is -0.232. The van der Waals surface area contributed by atoms with E-state index in [1.807, 2.05) is 20.8 Å². The van der Waals surface area contributed by atoms with Crippen molar-refractivity contribution in [3.05, 3.63) is 48.5 Å². The zero-order valence-electron chi connectivity index (χ0n) is 14.3. The zero-order valence-corrected chi connectivity index (χ0v) is 15.1. The van der Waals surface area contributed by atoms with Crippen LogP contribution in [0.2, 0.25) is 0 Å². The largest absolute Gasteiger partial charge is 0.497 e. The zero-order chi connectivity index (χ0) is 17.8. The Morgan fingerprint density at radius 2 is 1.29 bits per heavy atom. The van der Waals surface area contributed by atoms with Crippen LogP contribution >= 0.6 is 0 Å². The summed E-state index contributed by atoms with van der Waals surface area (Å²) in [4.78, 5) is 0.105. The molecule has 0 N–H and O–H groups in total. The molecule has 0 radical (unpaired) electrons. The van der Waals surface area contributed by atoms with Gasteiger partial charge in [-0.15, -0.1) is 0 Å². The second kappa shape index (κ2) is 7.23. The SMILES string of the molecule is COc1ccc(Oc2ccc(S(=O)(=O)OCC(C)(C)C)cc2)cc1. The molecule has 0 aliphatic rings. The number of methoxy groups -OCH3 is 1. The van der Waals surface area contributed by atoms with Gasteiger partial charge in [-0.05, 0) is 53.9 Å². The number of hydrogen-bond donors (Lipinski definition) is 0. The summed E-state index contributed by atoms with van der Waals surface area (Å²) >= 11 is 0. The minimum atomic E-state index is -3.76. The summed E-state index contributed by atoms with van der Waals surface area (Å²) in [5, 5.41) is 0. The quantitative estimate of drug-likeness (QED) is 0.729. The molecule has 0 amide bonds. The van der Waals surface area contributed by atoms with E-state index in [2.05, 4.69) is 0 Å². The Bertz CT molecular complexity index is 757. The predicted molar refractivity (Wildman–Crippen MR) is 92.1 cm³/mol. The van der Waals surface area contributed by atoms with Crippen molar-refractivity contribution in [2.75, 3.05) is 13.7 Å². The van der Waals surface area contributed by atoms with Gasteiger partial charge in [0.15, 0.2) is 0 Å². The molecule has 6 heteroatoms. The number of benzene rings is 2. The van der Waals surface area contributed by atoms with Crippen molar-refractivity contribution in [2.24, 2.45) is 5.41 Å². The Kier molecular flexibility index (Phi) is 5.51. The van der Waals surface area contributed by atoms with Crippen LogP contribution in [0.3, 0.4) is 0 Å². The van der Waals surface area contributed by atoms with Crippen molar-refractivity contribution in [1.29, 1.82) is 0 Å². The highest BCUT2D eigenvalue weighted by Crippen LogP contribution is 2.26. The summed E-state index contributed by atoms with van der Waals surface area (Å²) < 4.78 is 40.1. The molecule has 0 unspecified atom stereocenters. The maximum atomic E-state index is 12.1. The van der Waals surface area contributed by atoms with E-state index in [9.17, 15) is 8.42 Å². The molecule has 130 valence electrons. The average Bonchev–Trinajstić information content (AvgIpc) is 2.54. The minimum absolute atomic E-state index is 0.105. The third kappa shape index (κ3) is 5.25. The predicted octanol–water partition coefficient (Wildman–Crippen LogP) is 4.24. The van der Waals surface area contributed by atoms with E-state index in [4.69, 9.17) is 13.7 Å². The maximum Gasteiger partial charge on any atom is 0.296 e. The van der Waals surface area contributed by atoms with Gasteiger partial charge in [-0.3, -0.25) is 4.18 Å². The van der Waals surface area contributed by atoms with Crippen LogP contribution in [0.25, 0.3) is 0 Å². The van der Waals surface area contributed by atoms with Crippen molar-refractivity contribution in [3.8, 4) is 17.2 Å². The normalized spacial score (nSPS) is 12.0. The third-order valence-corrected chi connectivity index (χ3v) is 4.33. The molecule has 2 aromatic carbocycles. The van der Waals surface area contributed by atoms with Crippen molar-refractivity contribution in [1.82, 2.24) is 0 Å². The highest BCUT2D eigenvalue weighted by atomic mass is 32.2. The van der Waals surface area contributed by atoms with E-state index in [-0.39, 0.29) is 16.9 Å². The Labute approximate surface area is 143 Å². The summed E-state index contributed by atoms with van der Waals surface area (Å²) in [5.74, 6) is 1.91. The van der Waals surface area contributed by atoms with Gasteiger partial charge in [-0.1, -0.05) is 20.8 Å². The first kappa shape index (κ1) is 18.3.